The van der Waals surface area contributed by atoms with E-state index in [1.54, 1.807) is 6.07 Å². The van der Waals surface area contributed by atoms with Gasteiger partial charge in [0.15, 0.2) is 0 Å². The van der Waals surface area contributed by atoms with E-state index in [4.69, 9.17) is 4.42 Å². The van der Waals surface area contributed by atoms with Crippen LogP contribution in [0, 0.1) is 6.92 Å². The van der Waals surface area contributed by atoms with Gasteiger partial charge in [-0.1, -0.05) is 0 Å². The maximum Gasteiger partial charge on any atom is 0.207 e. The van der Waals surface area contributed by atoms with E-state index in [0.717, 1.165) is 14.2 Å². The van der Waals surface area contributed by atoms with Crippen molar-refractivity contribution in [2.45, 2.75) is 6.92 Å². The lowest BCUT2D eigenvalue weighted by atomic mass is 10.2. The van der Waals surface area contributed by atoms with Crippen LogP contribution in [-0.4, -0.2) is 5.78 Å². The number of hydrogen-bond donors (Lipinski definition) is 0. The summed E-state index contributed by atoms with van der Waals surface area (Å²) in [5, 5.41) is 0. The summed E-state index contributed by atoms with van der Waals surface area (Å²) in [6, 6.07) is 3.61. The first-order chi connectivity index (χ1) is 6.68. The van der Waals surface area contributed by atoms with Gasteiger partial charge >= 0.3 is 0 Å². The molecule has 0 bridgehead atoms. The summed E-state index contributed by atoms with van der Waals surface area (Å²) < 4.78 is 5.73. The third kappa shape index (κ3) is 1.67. The molecule has 0 aliphatic heterocycles. The number of carbonyl (C=O) groups excluding carboxylic acids is 1. The van der Waals surface area contributed by atoms with Crippen LogP contribution < -0.4 is 0 Å². The summed E-state index contributed by atoms with van der Waals surface area (Å²) in [6.45, 7) is 1.97. The molecule has 2 aromatic heterocycles. The number of ketones is 1. The number of furan rings is 1. The van der Waals surface area contributed by atoms with Gasteiger partial charge in [0.2, 0.25) is 5.78 Å². The van der Waals surface area contributed by atoms with Gasteiger partial charge in [0.25, 0.3) is 0 Å². The van der Waals surface area contributed by atoms with Gasteiger partial charge in [-0.15, -0.1) is 11.3 Å². The van der Waals surface area contributed by atoms with E-state index in [1.165, 1.54) is 23.9 Å². The van der Waals surface area contributed by atoms with Crippen LogP contribution in [0.1, 0.15) is 20.1 Å². The number of halogens is 1. The highest BCUT2D eigenvalue weighted by Gasteiger charge is 2.16. The second-order valence-electron chi connectivity index (χ2n) is 2.88. The molecule has 2 rings (SSSR count). The van der Waals surface area contributed by atoms with Crippen LogP contribution in [-0.2, 0) is 0 Å². The molecule has 0 fully saturated rings. The number of carbonyl (C=O) groups is 1. The second kappa shape index (κ2) is 3.71. The Morgan fingerprint density at radius 2 is 2.36 bits per heavy atom. The van der Waals surface area contributed by atoms with Crippen molar-refractivity contribution in [3.05, 3.63) is 44.4 Å². The lowest BCUT2D eigenvalue weighted by Crippen LogP contribution is -1.96. The summed E-state index contributed by atoms with van der Waals surface area (Å²) in [6.07, 6.45) is 2.96. The zero-order chi connectivity index (χ0) is 10.1. The maximum atomic E-state index is 11.9. The largest absolute Gasteiger partial charge is 0.472 e. The summed E-state index contributed by atoms with van der Waals surface area (Å²) in [5.74, 6) is 0.00345. The van der Waals surface area contributed by atoms with Crippen molar-refractivity contribution in [1.82, 2.24) is 0 Å². The van der Waals surface area contributed by atoms with Crippen molar-refractivity contribution < 1.29 is 9.21 Å². The Morgan fingerprint density at radius 3 is 2.86 bits per heavy atom. The fourth-order valence-corrected chi connectivity index (χ4v) is 2.95. The predicted octanol–water partition coefficient (Wildman–Crippen LogP) is 3.64. The Labute approximate surface area is 93.7 Å². The zero-order valence-corrected chi connectivity index (χ0v) is 9.81. The topological polar surface area (TPSA) is 30.2 Å². The Hall–Kier alpha value is -0.870. The zero-order valence-electron chi connectivity index (χ0n) is 7.41. The van der Waals surface area contributed by atoms with E-state index >= 15 is 0 Å². The van der Waals surface area contributed by atoms with Crippen molar-refractivity contribution in [3.63, 3.8) is 0 Å². The quantitative estimate of drug-likeness (QED) is 0.780. The Kier molecular flexibility index (Phi) is 2.56. The standard InChI is InChI=1S/C10H7BrO2S/c1-6-4-8(11)10(14-6)9(12)7-2-3-13-5-7/h2-5H,1H3. The molecular weight excluding hydrogens is 264 g/mol. The van der Waals surface area contributed by atoms with Crippen LogP contribution in [0.25, 0.3) is 0 Å². The first kappa shape index (κ1) is 9.68. The van der Waals surface area contributed by atoms with Crippen LogP contribution in [0.4, 0.5) is 0 Å². The minimum atomic E-state index is 0.00345. The normalized spacial score (nSPS) is 10.4. The average Bonchev–Trinajstić information content (AvgIpc) is 2.73. The lowest BCUT2D eigenvalue weighted by molar-refractivity contribution is 0.104. The second-order valence-corrected chi connectivity index (χ2v) is 4.99. The molecule has 72 valence electrons. The van der Waals surface area contributed by atoms with Gasteiger partial charge in [0, 0.05) is 9.35 Å². The SMILES string of the molecule is Cc1cc(Br)c(C(=O)c2ccoc2)s1. The molecule has 0 aliphatic rings. The highest BCUT2D eigenvalue weighted by Crippen LogP contribution is 2.28. The number of thiophene rings is 1. The summed E-state index contributed by atoms with van der Waals surface area (Å²) in [5.41, 5.74) is 0.590. The minimum absolute atomic E-state index is 0.00345. The molecule has 14 heavy (non-hydrogen) atoms. The highest BCUT2D eigenvalue weighted by molar-refractivity contribution is 9.10. The monoisotopic (exact) mass is 270 g/mol. The summed E-state index contributed by atoms with van der Waals surface area (Å²) >= 11 is 4.84. The van der Waals surface area contributed by atoms with E-state index in [0.29, 0.717) is 5.56 Å². The van der Waals surface area contributed by atoms with Gasteiger partial charge in [-0.3, -0.25) is 4.79 Å². The molecule has 2 aromatic rings. The van der Waals surface area contributed by atoms with Crippen molar-refractivity contribution in [2.24, 2.45) is 0 Å². The highest BCUT2D eigenvalue weighted by atomic mass is 79.9. The van der Waals surface area contributed by atoms with Crippen LogP contribution in [0.15, 0.2) is 33.5 Å². The molecule has 0 atom stereocenters. The average molecular weight is 271 g/mol. The van der Waals surface area contributed by atoms with Gasteiger partial charge in [-0.05, 0) is 35.0 Å². The summed E-state index contributed by atoms with van der Waals surface area (Å²) in [4.78, 5) is 13.7. The van der Waals surface area contributed by atoms with Crippen LogP contribution in [0.2, 0.25) is 0 Å². The maximum absolute atomic E-state index is 11.9. The molecule has 4 heteroatoms. The molecule has 0 aliphatic carbocycles. The van der Waals surface area contributed by atoms with E-state index < -0.39 is 0 Å². The van der Waals surface area contributed by atoms with E-state index in [9.17, 15) is 4.79 Å². The molecule has 0 aromatic carbocycles. The van der Waals surface area contributed by atoms with Crippen molar-refractivity contribution >= 4 is 33.0 Å². The molecule has 0 saturated carbocycles. The van der Waals surface area contributed by atoms with Crippen LogP contribution in [0.3, 0.4) is 0 Å². The summed E-state index contributed by atoms with van der Waals surface area (Å²) in [7, 11) is 0. The molecule has 0 unspecified atom stereocenters. The number of aryl methyl sites for hydroxylation is 1. The first-order valence-corrected chi connectivity index (χ1v) is 5.62. The molecular formula is C10H7BrO2S. The third-order valence-electron chi connectivity index (χ3n) is 1.80. The molecule has 0 radical (unpaired) electrons. The van der Waals surface area contributed by atoms with E-state index in [2.05, 4.69) is 15.9 Å². The van der Waals surface area contributed by atoms with Crippen LogP contribution >= 0.6 is 27.3 Å². The van der Waals surface area contributed by atoms with Gasteiger partial charge in [-0.25, -0.2) is 0 Å². The fraction of sp³-hybridized carbons (Fsp3) is 0.100. The Bertz CT molecular complexity index is 456. The fourth-order valence-electron chi connectivity index (χ4n) is 1.16. The predicted molar refractivity (Wildman–Crippen MR) is 58.9 cm³/mol. The van der Waals surface area contributed by atoms with Crippen molar-refractivity contribution in [1.29, 1.82) is 0 Å². The number of rotatable bonds is 2. The molecule has 2 heterocycles. The van der Waals surface area contributed by atoms with E-state index in [1.807, 2.05) is 13.0 Å². The molecule has 2 nitrogen and oxygen atoms in total. The molecule has 0 N–H and O–H groups in total. The lowest BCUT2D eigenvalue weighted by Gasteiger charge is -1.92. The van der Waals surface area contributed by atoms with Crippen LogP contribution in [0.5, 0.6) is 0 Å². The Balaban J connectivity index is 2.41. The molecule has 0 saturated heterocycles. The van der Waals surface area contributed by atoms with Gasteiger partial charge in [-0.2, -0.15) is 0 Å². The van der Waals surface area contributed by atoms with E-state index in [-0.39, 0.29) is 5.78 Å². The molecule has 0 spiro atoms. The van der Waals surface area contributed by atoms with Crippen molar-refractivity contribution in [3.8, 4) is 0 Å². The smallest absolute Gasteiger partial charge is 0.207 e. The third-order valence-corrected chi connectivity index (χ3v) is 3.74. The van der Waals surface area contributed by atoms with Gasteiger partial charge in [0.1, 0.15) is 6.26 Å². The van der Waals surface area contributed by atoms with Gasteiger partial charge < -0.3 is 4.42 Å². The number of hydrogen-bond acceptors (Lipinski definition) is 3. The van der Waals surface area contributed by atoms with Crippen molar-refractivity contribution in [2.75, 3.05) is 0 Å². The Morgan fingerprint density at radius 1 is 1.57 bits per heavy atom. The molecule has 0 amide bonds. The first-order valence-electron chi connectivity index (χ1n) is 4.01. The minimum Gasteiger partial charge on any atom is -0.472 e. The van der Waals surface area contributed by atoms with Gasteiger partial charge in [0.05, 0.1) is 16.7 Å².